The Bertz CT molecular complexity index is 2200. The summed E-state index contributed by atoms with van der Waals surface area (Å²) < 4.78 is 18.8. The minimum atomic E-state index is 0.333. The number of hydrogen-bond acceptors (Lipinski definition) is 9. The third-order valence-electron chi connectivity index (χ3n) is 6.67. The van der Waals surface area contributed by atoms with Crippen molar-refractivity contribution in [2.45, 2.75) is 0 Å². The molecule has 7 rings (SSSR count). The molecule has 0 bridgehead atoms. The fraction of sp³-hybridized carbons (Fsp3) is 0. The molecule has 12 heteroatoms. The van der Waals surface area contributed by atoms with Crippen LogP contribution in [0.3, 0.4) is 0 Å². The Kier molecular flexibility index (Phi) is 6.25. The molecule has 0 fully saturated rings. The Morgan fingerprint density at radius 1 is 0.619 bits per heavy atom. The maximum atomic E-state index is 9.48. The van der Waals surface area contributed by atoms with Gasteiger partial charge in [0.25, 0.3) is 0 Å². The van der Waals surface area contributed by atoms with E-state index in [-0.39, 0.29) is 0 Å². The van der Waals surface area contributed by atoms with Crippen molar-refractivity contribution in [2.24, 2.45) is 8.73 Å². The number of aromatic nitrogens is 2. The highest BCUT2D eigenvalue weighted by Crippen LogP contribution is 2.54. The normalized spacial score (nSPS) is 11.3. The van der Waals surface area contributed by atoms with Crippen LogP contribution in [0.1, 0.15) is 11.1 Å². The molecule has 1 aliphatic heterocycles. The molecule has 3 aromatic carbocycles. The quantitative estimate of drug-likeness (QED) is 0.185. The molecule has 0 saturated carbocycles. The molecule has 42 heavy (non-hydrogen) atoms. The molecule has 0 unspecified atom stereocenters. The van der Waals surface area contributed by atoms with Crippen molar-refractivity contribution in [3.63, 3.8) is 0 Å². The van der Waals surface area contributed by atoms with Crippen LogP contribution in [-0.2, 0) is 11.4 Å². The minimum absolute atomic E-state index is 0.333. The van der Waals surface area contributed by atoms with Crippen LogP contribution in [0.5, 0.6) is 0 Å². The summed E-state index contributed by atoms with van der Waals surface area (Å²) in [5, 5.41) is 18.8. The molecule has 0 aliphatic carbocycles. The van der Waals surface area contributed by atoms with E-state index in [2.05, 4.69) is 39.3 Å². The van der Waals surface area contributed by atoms with Gasteiger partial charge in [-0.3, -0.25) is 9.69 Å². The van der Waals surface area contributed by atoms with Gasteiger partial charge in [0.2, 0.25) is 0 Å². The summed E-state index contributed by atoms with van der Waals surface area (Å²) >= 11 is 5.40. The largest absolute Gasteiger partial charge is 0.250 e. The molecule has 0 atom stereocenters. The Labute approximate surface area is 254 Å². The average molecular weight is 611 g/mol. The number of thiophene rings is 2. The molecular weight excluding hydrogens is 601 g/mol. The molecular formula is C30H10N8S4. The maximum absolute atomic E-state index is 9.48. The molecule has 0 N–H and O–H groups in total. The zero-order valence-electron chi connectivity index (χ0n) is 21.0. The lowest BCUT2D eigenvalue weighted by Crippen LogP contribution is -1.85. The van der Waals surface area contributed by atoms with Gasteiger partial charge in [-0.2, -0.15) is 28.0 Å². The van der Waals surface area contributed by atoms with E-state index in [4.69, 9.17) is 13.1 Å². The lowest BCUT2D eigenvalue weighted by molar-refractivity contribution is 1.43. The van der Waals surface area contributed by atoms with Gasteiger partial charge in [-0.15, -0.1) is 22.7 Å². The first-order chi connectivity index (χ1) is 20.6. The molecule has 194 valence electrons. The Morgan fingerprint density at radius 2 is 1.17 bits per heavy atom. The van der Waals surface area contributed by atoms with Crippen molar-refractivity contribution >= 4 is 79.5 Å². The van der Waals surface area contributed by atoms with Gasteiger partial charge < -0.3 is 0 Å². The lowest BCUT2D eigenvalue weighted by Gasteiger charge is -2.09. The van der Waals surface area contributed by atoms with Crippen molar-refractivity contribution in [1.82, 2.24) is 8.75 Å². The van der Waals surface area contributed by atoms with Crippen LogP contribution in [0.25, 0.3) is 62.5 Å². The standard InChI is InChI=1S/C30H10N8S4/c1-33-19-6-5-16(12-20(19)34-2)22-8-10-24(40-22)26-29-27(35-41-37-29)25(28-30(26)38-42-36-28)23-9-7-21(39-23)15-3-4-17(13-31)18(11-15)14-32/h3-12H. The van der Waals surface area contributed by atoms with Gasteiger partial charge in [-0.25, -0.2) is 0 Å². The molecule has 0 radical (unpaired) electrons. The van der Waals surface area contributed by atoms with Crippen molar-refractivity contribution in [3.8, 4) is 53.9 Å². The lowest BCUT2D eigenvalue weighted by atomic mass is 10.0. The topological polar surface area (TPSA) is 107 Å². The summed E-state index contributed by atoms with van der Waals surface area (Å²) in [7, 11) is 0. The number of hydrogen-bond donors (Lipinski definition) is 0. The molecule has 4 heterocycles. The Morgan fingerprint density at radius 3 is 1.74 bits per heavy atom. The number of rotatable bonds is 4. The van der Waals surface area contributed by atoms with Crippen LogP contribution in [-0.4, -0.2) is 8.75 Å². The van der Waals surface area contributed by atoms with Gasteiger partial charge in [-0.1, -0.05) is 24.3 Å². The predicted molar refractivity (Wildman–Crippen MR) is 168 cm³/mol. The molecule has 8 nitrogen and oxygen atoms in total. The van der Waals surface area contributed by atoms with E-state index in [1.165, 1.54) is 0 Å². The van der Waals surface area contributed by atoms with E-state index in [1.807, 2.05) is 36.4 Å². The monoisotopic (exact) mass is 610 g/mol. The number of nitrogens with zero attached hydrogens (tertiary/aromatic N) is 8. The van der Waals surface area contributed by atoms with Gasteiger partial charge >= 0.3 is 0 Å². The molecule has 6 aromatic rings. The summed E-state index contributed by atoms with van der Waals surface area (Å²) in [6.07, 6.45) is 0. The highest BCUT2D eigenvalue weighted by Gasteiger charge is 2.28. The predicted octanol–water partition coefficient (Wildman–Crippen LogP) is 10.1. The van der Waals surface area contributed by atoms with Crippen LogP contribution >= 0.6 is 34.4 Å². The van der Waals surface area contributed by atoms with Crippen molar-refractivity contribution in [1.29, 1.82) is 10.5 Å². The zero-order chi connectivity index (χ0) is 28.8. The molecule has 0 saturated heterocycles. The van der Waals surface area contributed by atoms with Crippen molar-refractivity contribution < 1.29 is 0 Å². The fourth-order valence-corrected chi connectivity index (χ4v) is 7.95. The molecule has 0 amide bonds. The van der Waals surface area contributed by atoms with Crippen LogP contribution < -0.4 is 0 Å². The smallest absolute Gasteiger partial charge is 0.195 e. The van der Waals surface area contributed by atoms with Gasteiger partial charge in [-0.05, 0) is 47.5 Å². The Hall–Kier alpha value is -5.34. The van der Waals surface area contributed by atoms with E-state index in [0.717, 1.165) is 87.3 Å². The van der Waals surface area contributed by atoms with E-state index in [1.54, 1.807) is 46.9 Å². The summed E-state index contributed by atoms with van der Waals surface area (Å²) in [5.74, 6) is 0. The van der Waals surface area contributed by atoms with Crippen molar-refractivity contribution in [2.75, 3.05) is 0 Å². The summed E-state index contributed by atoms with van der Waals surface area (Å²) in [5.41, 5.74) is 7.80. The average Bonchev–Trinajstić information content (AvgIpc) is 3.86. The molecule has 3 aromatic heterocycles. The fourth-order valence-electron chi connectivity index (χ4n) is 4.73. The maximum Gasteiger partial charge on any atom is 0.195 e. The van der Waals surface area contributed by atoms with Crippen LogP contribution in [0.15, 0.2) is 69.4 Å². The summed E-state index contributed by atoms with van der Waals surface area (Å²) in [6.45, 7) is 14.7. The van der Waals surface area contributed by atoms with Crippen molar-refractivity contribution in [3.05, 3.63) is 94.6 Å². The number of benzene rings is 3. The van der Waals surface area contributed by atoms with E-state index >= 15 is 0 Å². The van der Waals surface area contributed by atoms with Gasteiger partial charge in [0.1, 0.15) is 34.5 Å². The first-order valence-corrected chi connectivity index (χ1v) is 15.2. The first kappa shape index (κ1) is 25.6. The van der Waals surface area contributed by atoms with Crippen LogP contribution in [0, 0.1) is 35.8 Å². The van der Waals surface area contributed by atoms with E-state index in [0.29, 0.717) is 22.5 Å². The van der Waals surface area contributed by atoms with E-state index in [9.17, 15) is 10.5 Å². The zero-order valence-corrected chi connectivity index (χ0v) is 24.3. The second-order valence-corrected chi connectivity index (χ2v) is 12.1. The second-order valence-electron chi connectivity index (χ2n) is 8.91. The SMILES string of the molecule is [C-]#[N+]c1ccc(-c2ccc(-c3c4c(c(-c5ccc(-c6ccc(C#N)c(C#N)c6)s5)c5nsnc35)N=S=N4)s2)cc1[N+]#[C-]. The number of nitriles is 2. The second kappa shape index (κ2) is 10.2. The third kappa shape index (κ3) is 4.03. The summed E-state index contributed by atoms with van der Waals surface area (Å²) in [4.78, 5) is 10.8. The van der Waals surface area contributed by atoms with Gasteiger partial charge in [0.05, 0.1) is 47.4 Å². The summed E-state index contributed by atoms with van der Waals surface area (Å²) in [6, 6.07) is 22.8. The van der Waals surface area contributed by atoms with Gasteiger partial charge in [0.15, 0.2) is 11.4 Å². The minimum Gasteiger partial charge on any atom is -0.250 e. The highest BCUT2D eigenvalue weighted by molar-refractivity contribution is 7.58. The Balaban J connectivity index is 1.35. The third-order valence-corrected chi connectivity index (χ3v) is 10.0. The van der Waals surface area contributed by atoms with Crippen LogP contribution in [0.4, 0.5) is 22.7 Å². The highest BCUT2D eigenvalue weighted by atomic mass is 32.1. The van der Waals surface area contributed by atoms with Gasteiger partial charge in [0, 0.05) is 30.6 Å². The van der Waals surface area contributed by atoms with E-state index < -0.39 is 0 Å². The van der Waals surface area contributed by atoms with Crippen LogP contribution in [0.2, 0.25) is 0 Å². The molecule has 1 aliphatic rings. The number of fused-ring (bicyclic) bond motifs is 2. The first-order valence-electron chi connectivity index (χ1n) is 12.1. The molecule has 0 spiro atoms.